The van der Waals surface area contributed by atoms with Crippen LogP contribution in [0.2, 0.25) is 0 Å². The average molecular weight is 573 g/mol. The Morgan fingerprint density at radius 2 is 1.90 bits per heavy atom. The molecule has 2 aromatic carbocycles. The molecular weight excluding hydrogens is 536 g/mol. The van der Waals surface area contributed by atoms with Gasteiger partial charge in [0.05, 0.1) is 11.3 Å². The van der Waals surface area contributed by atoms with Gasteiger partial charge in [0.2, 0.25) is 21.8 Å². The number of fused-ring (bicyclic) bond motifs is 1. The molecule has 0 radical (unpaired) electrons. The van der Waals surface area contributed by atoms with E-state index in [9.17, 15) is 27.9 Å². The summed E-state index contributed by atoms with van der Waals surface area (Å²) in [7, 11) is -4.23. The number of sulfonamides is 1. The molecule has 13 heteroatoms. The Labute approximate surface area is 233 Å². The zero-order valence-electron chi connectivity index (χ0n) is 22.4. The zero-order valence-corrected chi connectivity index (χ0v) is 23.2. The van der Waals surface area contributed by atoms with Gasteiger partial charge in [-0.1, -0.05) is 30.3 Å². The van der Waals surface area contributed by atoms with Gasteiger partial charge in [0.1, 0.15) is 18.4 Å². The maximum absolute atomic E-state index is 13.7. The minimum Gasteiger partial charge on any atom is -0.480 e. The van der Waals surface area contributed by atoms with Crippen molar-refractivity contribution in [3.8, 4) is 0 Å². The smallest absolute Gasteiger partial charge is 0.326 e. The Morgan fingerprint density at radius 1 is 1.18 bits per heavy atom. The first-order valence-electron chi connectivity index (χ1n) is 13.4. The highest BCUT2D eigenvalue weighted by molar-refractivity contribution is 7.89. The van der Waals surface area contributed by atoms with Crippen molar-refractivity contribution >= 4 is 44.9 Å². The highest BCUT2D eigenvalue weighted by Gasteiger charge is 2.42. The number of carbonyl (C=O) groups excluding carboxylic acids is 2. The van der Waals surface area contributed by atoms with Crippen molar-refractivity contribution in [3.05, 3.63) is 42.5 Å². The van der Waals surface area contributed by atoms with Crippen LogP contribution in [0.5, 0.6) is 0 Å². The van der Waals surface area contributed by atoms with Crippen LogP contribution < -0.4 is 15.9 Å². The summed E-state index contributed by atoms with van der Waals surface area (Å²) in [5.41, 5.74) is 0. The standard InChI is InChI=1S/C27H36N6O6S/c1-18(27(36)37)33(22-9-10-22)26(35)24(14-25(34)29-15-19-5-4-12-32(16-19)17-30-28)31-40(38,39)23-11-8-20-6-2-3-7-21(20)13-23/h2-3,6-8,11,13,17-19,22,24,31H,4-5,9-10,12,14-16,28H2,1H3,(H,29,34)(H,36,37)/t18-,19-,24?/m0/s1. The van der Waals surface area contributed by atoms with Gasteiger partial charge in [-0.25, -0.2) is 13.2 Å². The number of piperidine rings is 1. The van der Waals surface area contributed by atoms with Gasteiger partial charge in [-0.15, -0.1) is 0 Å². The molecule has 5 N–H and O–H groups in total. The van der Waals surface area contributed by atoms with Crippen molar-refractivity contribution in [3.63, 3.8) is 0 Å². The Balaban J connectivity index is 1.53. The zero-order chi connectivity index (χ0) is 28.9. The van der Waals surface area contributed by atoms with Crippen LogP contribution >= 0.6 is 0 Å². The van der Waals surface area contributed by atoms with Crippen molar-refractivity contribution in [2.45, 2.75) is 62.0 Å². The molecule has 1 heterocycles. The van der Waals surface area contributed by atoms with E-state index < -0.39 is 46.3 Å². The number of aliphatic carboxylic acids is 1. The molecule has 4 rings (SSSR count). The number of rotatable bonds is 12. The molecule has 1 aliphatic carbocycles. The molecular formula is C27H36N6O6S. The van der Waals surface area contributed by atoms with Crippen molar-refractivity contribution in [2.75, 3.05) is 19.6 Å². The average Bonchev–Trinajstić information content (AvgIpc) is 3.77. The summed E-state index contributed by atoms with van der Waals surface area (Å²) in [4.78, 5) is 41.6. The van der Waals surface area contributed by atoms with Crippen LogP contribution in [0.3, 0.4) is 0 Å². The highest BCUT2D eigenvalue weighted by atomic mass is 32.2. The number of hydrazone groups is 1. The van der Waals surface area contributed by atoms with Crippen LogP contribution in [-0.4, -0.2) is 85.2 Å². The van der Waals surface area contributed by atoms with Gasteiger partial charge in [0, 0.05) is 25.7 Å². The van der Waals surface area contributed by atoms with Crippen LogP contribution in [0.15, 0.2) is 52.5 Å². The van der Waals surface area contributed by atoms with E-state index in [-0.39, 0.29) is 16.9 Å². The molecule has 2 aromatic rings. The van der Waals surface area contributed by atoms with E-state index in [0.29, 0.717) is 31.3 Å². The van der Waals surface area contributed by atoms with Crippen molar-refractivity contribution in [1.82, 2.24) is 19.8 Å². The number of benzene rings is 2. The number of amides is 2. The van der Waals surface area contributed by atoms with E-state index in [2.05, 4.69) is 15.1 Å². The van der Waals surface area contributed by atoms with Crippen molar-refractivity contribution in [1.29, 1.82) is 0 Å². The molecule has 1 aliphatic heterocycles. The molecule has 2 fully saturated rings. The lowest BCUT2D eigenvalue weighted by molar-refractivity contribution is -0.151. The van der Waals surface area contributed by atoms with E-state index in [1.807, 2.05) is 17.0 Å². The van der Waals surface area contributed by atoms with Crippen LogP contribution in [-0.2, 0) is 24.4 Å². The molecule has 12 nitrogen and oxygen atoms in total. The van der Waals surface area contributed by atoms with E-state index in [1.54, 1.807) is 24.5 Å². The molecule has 1 saturated carbocycles. The van der Waals surface area contributed by atoms with Gasteiger partial charge in [0.25, 0.3) is 0 Å². The predicted molar refractivity (Wildman–Crippen MR) is 150 cm³/mol. The summed E-state index contributed by atoms with van der Waals surface area (Å²) in [5.74, 6) is 2.93. The molecule has 40 heavy (non-hydrogen) atoms. The van der Waals surface area contributed by atoms with Crippen LogP contribution in [0, 0.1) is 5.92 Å². The third-order valence-electron chi connectivity index (χ3n) is 7.35. The highest BCUT2D eigenvalue weighted by Crippen LogP contribution is 2.30. The number of hydrogen-bond acceptors (Lipinski definition) is 7. The second-order valence-corrected chi connectivity index (χ2v) is 12.2. The molecule has 2 aliphatic rings. The molecule has 1 unspecified atom stereocenters. The Morgan fingerprint density at radius 3 is 2.58 bits per heavy atom. The predicted octanol–water partition coefficient (Wildman–Crippen LogP) is 1.07. The number of nitrogens with one attached hydrogen (secondary N) is 2. The fraction of sp³-hybridized carbons (Fsp3) is 0.481. The largest absolute Gasteiger partial charge is 0.480 e. The Bertz CT molecular complexity index is 1380. The van der Waals surface area contributed by atoms with Gasteiger partial charge < -0.3 is 26.1 Å². The summed E-state index contributed by atoms with van der Waals surface area (Å²) in [6.45, 7) is 3.19. The number of hydrogen-bond donors (Lipinski definition) is 4. The number of likely N-dealkylation sites (tertiary alicyclic amines) is 1. The first kappa shape index (κ1) is 29.3. The van der Waals surface area contributed by atoms with Crippen molar-refractivity contribution < 1.29 is 27.9 Å². The molecule has 2 amide bonds. The van der Waals surface area contributed by atoms with Crippen molar-refractivity contribution in [2.24, 2.45) is 16.9 Å². The van der Waals surface area contributed by atoms with Gasteiger partial charge in [-0.2, -0.15) is 9.82 Å². The number of carboxylic acid groups (broad SMARTS) is 1. The third-order valence-corrected chi connectivity index (χ3v) is 8.82. The van der Waals surface area contributed by atoms with Crippen LogP contribution in [0.25, 0.3) is 10.8 Å². The van der Waals surface area contributed by atoms with Crippen LogP contribution in [0.1, 0.15) is 39.0 Å². The van der Waals surface area contributed by atoms with Gasteiger partial charge in [0.15, 0.2) is 0 Å². The molecule has 0 aromatic heterocycles. The lowest BCUT2D eigenvalue weighted by atomic mass is 9.98. The minimum atomic E-state index is -4.23. The summed E-state index contributed by atoms with van der Waals surface area (Å²) in [6, 6.07) is 8.89. The molecule has 0 spiro atoms. The monoisotopic (exact) mass is 572 g/mol. The van der Waals surface area contributed by atoms with E-state index in [1.165, 1.54) is 24.0 Å². The Hall–Kier alpha value is -3.71. The molecule has 3 atom stereocenters. The van der Waals surface area contributed by atoms with Gasteiger partial charge in [-0.3, -0.25) is 9.59 Å². The lowest BCUT2D eigenvalue weighted by Gasteiger charge is -2.32. The van der Waals surface area contributed by atoms with Gasteiger partial charge >= 0.3 is 5.97 Å². The number of carboxylic acids is 1. The normalized spacial score (nSPS) is 19.3. The van der Waals surface area contributed by atoms with E-state index in [4.69, 9.17) is 5.84 Å². The maximum atomic E-state index is 13.7. The molecule has 216 valence electrons. The molecule has 1 saturated heterocycles. The summed E-state index contributed by atoms with van der Waals surface area (Å²) in [6.07, 6.45) is 4.11. The quantitative estimate of drug-likeness (QED) is 0.126. The fourth-order valence-corrected chi connectivity index (χ4v) is 6.31. The summed E-state index contributed by atoms with van der Waals surface area (Å²) < 4.78 is 29.3. The van der Waals surface area contributed by atoms with Gasteiger partial charge in [-0.05, 0) is 61.4 Å². The Kier molecular flexibility index (Phi) is 9.25. The lowest BCUT2D eigenvalue weighted by Crippen LogP contribution is -2.55. The minimum absolute atomic E-state index is 0.0578. The number of carbonyl (C=O) groups is 3. The SMILES string of the molecule is C[C@@H](C(=O)O)N(C(=O)C(CC(=O)NC[C@@H]1CCCN(C=NN)C1)NS(=O)(=O)c1ccc2ccccc2c1)C1CC1. The first-order chi connectivity index (χ1) is 19.1. The number of nitrogens with two attached hydrogens (primary N) is 1. The third kappa shape index (κ3) is 7.27. The molecule has 0 bridgehead atoms. The second kappa shape index (κ2) is 12.6. The number of nitrogens with zero attached hydrogens (tertiary/aromatic N) is 3. The second-order valence-electron chi connectivity index (χ2n) is 10.4. The van der Waals surface area contributed by atoms with E-state index >= 15 is 0 Å². The fourth-order valence-electron chi connectivity index (χ4n) is 5.09. The topological polar surface area (TPSA) is 174 Å². The first-order valence-corrected chi connectivity index (χ1v) is 14.9. The van der Waals surface area contributed by atoms with E-state index in [0.717, 1.165) is 24.8 Å². The summed E-state index contributed by atoms with van der Waals surface area (Å²) >= 11 is 0. The maximum Gasteiger partial charge on any atom is 0.326 e. The summed E-state index contributed by atoms with van der Waals surface area (Å²) in [5, 5.41) is 17.5. The van der Waals surface area contributed by atoms with Crippen LogP contribution in [0.4, 0.5) is 0 Å².